The summed E-state index contributed by atoms with van der Waals surface area (Å²) in [6.45, 7) is 4.60. The van der Waals surface area contributed by atoms with Gasteiger partial charge in [0.2, 0.25) is 5.91 Å². The molecule has 1 amide bonds. The van der Waals surface area contributed by atoms with Gasteiger partial charge in [-0.15, -0.1) is 0 Å². The molecule has 0 bridgehead atoms. The number of ether oxygens (including phenoxy) is 1. The molecule has 1 aromatic rings. The fourth-order valence-corrected chi connectivity index (χ4v) is 2.49. The van der Waals surface area contributed by atoms with E-state index in [1.165, 1.54) is 5.56 Å². The maximum atomic E-state index is 12.2. The molecule has 2 rings (SSSR count). The minimum Gasteiger partial charge on any atom is -0.360 e. The van der Waals surface area contributed by atoms with Crippen LogP contribution in [0, 0.1) is 5.92 Å². The number of ketones is 1. The van der Waals surface area contributed by atoms with Crippen molar-refractivity contribution in [3.05, 3.63) is 29.8 Å². The topological polar surface area (TPSA) is 46.6 Å². The quantitative estimate of drug-likeness (QED) is 0.837. The molecule has 1 saturated heterocycles. The van der Waals surface area contributed by atoms with E-state index in [2.05, 4.69) is 0 Å². The second kappa shape index (κ2) is 7.36. The molecule has 0 N–H and O–H groups in total. The third-order valence-electron chi connectivity index (χ3n) is 3.69. The largest absolute Gasteiger partial charge is 0.360 e. The Morgan fingerprint density at radius 3 is 2.71 bits per heavy atom. The van der Waals surface area contributed by atoms with Crippen LogP contribution >= 0.6 is 0 Å². The molecule has 4 heteroatoms. The maximum absolute atomic E-state index is 12.2. The van der Waals surface area contributed by atoms with E-state index in [9.17, 15) is 9.59 Å². The fourth-order valence-electron chi connectivity index (χ4n) is 2.49. The average molecular weight is 289 g/mol. The van der Waals surface area contributed by atoms with Crippen molar-refractivity contribution in [3.63, 3.8) is 0 Å². The minimum absolute atomic E-state index is 0.115. The van der Waals surface area contributed by atoms with Gasteiger partial charge in [0.15, 0.2) is 0 Å². The van der Waals surface area contributed by atoms with E-state index in [1.807, 2.05) is 31.2 Å². The summed E-state index contributed by atoms with van der Waals surface area (Å²) in [5.74, 6) is 0.616. The lowest BCUT2D eigenvalue weighted by Crippen LogP contribution is -2.31. The zero-order valence-corrected chi connectivity index (χ0v) is 12.8. The molecule has 1 atom stereocenters. The maximum Gasteiger partial charge on any atom is 0.229 e. The molecule has 0 aromatic heterocycles. The number of amides is 1. The number of carbonyl (C=O) groups excluding carboxylic acids is 2. The molecule has 1 unspecified atom stereocenters. The van der Waals surface area contributed by atoms with Gasteiger partial charge in [0.25, 0.3) is 0 Å². The van der Waals surface area contributed by atoms with Gasteiger partial charge in [-0.2, -0.15) is 0 Å². The molecule has 1 heterocycles. The molecule has 0 radical (unpaired) electrons. The second-order valence-electron chi connectivity index (χ2n) is 5.85. The van der Waals surface area contributed by atoms with Gasteiger partial charge >= 0.3 is 0 Å². The lowest BCUT2D eigenvalue weighted by molar-refractivity contribution is -0.119. The summed E-state index contributed by atoms with van der Waals surface area (Å²) in [4.78, 5) is 24.8. The van der Waals surface area contributed by atoms with Crippen molar-refractivity contribution in [2.75, 3.05) is 18.2 Å². The number of benzene rings is 1. The summed E-state index contributed by atoms with van der Waals surface area (Å²) in [5.41, 5.74) is 2.07. The molecular formula is C17H23NO3. The normalized spacial score (nSPS) is 19.4. The zero-order chi connectivity index (χ0) is 15.2. The molecule has 1 aliphatic heterocycles. The first-order valence-electron chi connectivity index (χ1n) is 7.52. The first-order valence-corrected chi connectivity index (χ1v) is 7.52. The number of carbonyl (C=O) groups is 2. The van der Waals surface area contributed by atoms with Crippen LogP contribution in [0.1, 0.15) is 38.7 Å². The number of aryl methyl sites for hydroxylation is 1. The molecular weight excluding hydrogens is 266 g/mol. The molecule has 0 aliphatic carbocycles. The number of hydrogen-bond donors (Lipinski definition) is 0. The standard InChI is InChI=1S/C17H23NO3/c1-13-10-17(20)18(12-21-11-13)16-8-6-15(7-9-16)5-3-4-14(2)19/h6-9,13H,3-5,10-12H2,1-2H3. The first-order chi connectivity index (χ1) is 10.1. The number of nitrogens with zero attached hydrogens (tertiary/aromatic N) is 1. The molecule has 1 fully saturated rings. The van der Waals surface area contributed by atoms with Crippen LogP contribution in [0.3, 0.4) is 0 Å². The fraction of sp³-hybridized carbons (Fsp3) is 0.529. The Labute approximate surface area is 126 Å². The summed E-state index contributed by atoms with van der Waals surface area (Å²) in [5, 5.41) is 0. The monoisotopic (exact) mass is 289 g/mol. The Morgan fingerprint density at radius 1 is 1.33 bits per heavy atom. The molecule has 0 spiro atoms. The molecule has 0 saturated carbocycles. The highest BCUT2D eigenvalue weighted by molar-refractivity contribution is 5.93. The van der Waals surface area contributed by atoms with Crippen LogP contribution in [0.4, 0.5) is 5.69 Å². The number of Topliss-reactive ketones (excluding diaryl/α,β-unsaturated/α-hetero) is 1. The summed E-state index contributed by atoms with van der Waals surface area (Å²) in [6, 6.07) is 7.97. The van der Waals surface area contributed by atoms with Crippen molar-refractivity contribution in [1.29, 1.82) is 0 Å². The van der Waals surface area contributed by atoms with E-state index in [0.717, 1.165) is 18.5 Å². The molecule has 114 valence electrons. The SMILES string of the molecule is CC(=O)CCCc1ccc(N2COCC(C)CC2=O)cc1. The molecule has 21 heavy (non-hydrogen) atoms. The highest BCUT2D eigenvalue weighted by Crippen LogP contribution is 2.21. The number of anilines is 1. The zero-order valence-electron chi connectivity index (χ0n) is 12.8. The van der Waals surface area contributed by atoms with Gasteiger partial charge in [-0.3, -0.25) is 9.69 Å². The first kappa shape index (κ1) is 15.7. The van der Waals surface area contributed by atoms with Crippen molar-refractivity contribution in [1.82, 2.24) is 0 Å². The lowest BCUT2D eigenvalue weighted by atomic mass is 10.1. The summed E-state index contributed by atoms with van der Waals surface area (Å²) in [7, 11) is 0. The van der Waals surface area contributed by atoms with E-state index in [0.29, 0.717) is 26.2 Å². The van der Waals surface area contributed by atoms with E-state index < -0.39 is 0 Å². The van der Waals surface area contributed by atoms with Crippen LogP contribution < -0.4 is 4.90 Å². The summed E-state index contributed by atoms with van der Waals surface area (Å²) >= 11 is 0. The van der Waals surface area contributed by atoms with Crippen molar-refractivity contribution >= 4 is 17.4 Å². The van der Waals surface area contributed by atoms with Gasteiger partial charge < -0.3 is 9.53 Å². The highest BCUT2D eigenvalue weighted by atomic mass is 16.5. The van der Waals surface area contributed by atoms with Crippen LogP contribution in [0.5, 0.6) is 0 Å². The predicted molar refractivity (Wildman–Crippen MR) is 82.1 cm³/mol. The molecule has 4 nitrogen and oxygen atoms in total. The van der Waals surface area contributed by atoms with Gasteiger partial charge in [-0.1, -0.05) is 19.1 Å². The minimum atomic E-state index is 0.115. The lowest BCUT2D eigenvalue weighted by Gasteiger charge is -2.20. The van der Waals surface area contributed by atoms with Crippen LogP contribution in [0.15, 0.2) is 24.3 Å². The highest BCUT2D eigenvalue weighted by Gasteiger charge is 2.22. The van der Waals surface area contributed by atoms with Crippen molar-refractivity contribution in [2.45, 2.75) is 39.5 Å². The van der Waals surface area contributed by atoms with E-state index in [1.54, 1.807) is 11.8 Å². The summed E-state index contributed by atoms with van der Waals surface area (Å²) < 4.78 is 5.53. The van der Waals surface area contributed by atoms with Crippen molar-refractivity contribution in [3.8, 4) is 0 Å². The van der Waals surface area contributed by atoms with Gasteiger partial charge in [0.05, 0.1) is 6.61 Å². The van der Waals surface area contributed by atoms with Gasteiger partial charge in [-0.05, 0) is 43.4 Å². The third-order valence-corrected chi connectivity index (χ3v) is 3.69. The smallest absolute Gasteiger partial charge is 0.229 e. The molecule has 1 aliphatic rings. The van der Waals surface area contributed by atoms with Crippen molar-refractivity contribution in [2.24, 2.45) is 5.92 Å². The van der Waals surface area contributed by atoms with Crippen LogP contribution in [0.25, 0.3) is 0 Å². The van der Waals surface area contributed by atoms with E-state index in [-0.39, 0.29) is 17.6 Å². The van der Waals surface area contributed by atoms with Gasteiger partial charge in [-0.25, -0.2) is 0 Å². The Bertz CT molecular complexity index is 495. The van der Waals surface area contributed by atoms with Gasteiger partial charge in [0.1, 0.15) is 12.5 Å². The second-order valence-corrected chi connectivity index (χ2v) is 5.85. The van der Waals surface area contributed by atoms with Crippen molar-refractivity contribution < 1.29 is 14.3 Å². The van der Waals surface area contributed by atoms with E-state index in [4.69, 9.17) is 4.74 Å². The number of rotatable bonds is 5. The van der Waals surface area contributed by atoms with Crippen LogP contribution in [-0.2, 0) is 20.7 Å². The average Bonchev–Trinajstić information content (AvgIpc) is 2.60. The Kier molecular flexibility index (Phi) is 5.51. The Hall–Kier alpha value is -1.68. The van der Waals surface area contributed by atoms with Gasteiger partial charge in [0, 0.05) is 18.5 Å². The van der Waals surface area contributed by atoms with Crippen LogP contribution in [-0.4, -0.2) is 25.0 Å². The summed E-state index contributed by atoms with van der Waals surface area (Å²) in [6.07, 6.45) is 2.91. The third kappa shape index (κ3) is 4.67. The van der Waals surface area contributed by atoms with E-state index >= 15 is 0 Å². The van der Waals surface area contributed by atoms with Crippen LogP contribution in [0.2, 0.25) is 0 Å². The number of hydrogen-bond acceptors (Lipinski definition) is 3. The molecule has 1 aromatic carbocycles. The Morgan fingerprint density at radius 2 is 2.05 bits per heavy atom. The Balaban J connectivity index is 1.97. The predicted octanol–water partition coefficient (Wildman–Crippen LogP) is 2.95.